The highest BCUT2D eigenvalue weighted by Crippen LogP contribution is 2.33. The minimum Gasteiger partial charge on any atom is -0.493 e. The molecule has 0 amide bonds. The molecule has 0 N–H and O–H groups in total. The molecule has 3 rings (SSSR count). The van der Waals surface area contributed by atoms with Crippen LogP contribution in [0.25, 0.3) is 0 Å². The summed E-state index contributed by atoms with van der Waals surface area (Å²) in [5.41, 5.74) is 4.19. The molecule has 0 aliphatic carbocycles. The lowest BCUT2D eigenvalue weighted by atomic mass is 9.98. The van der Waals surface area contributed by atoms with E-state index in [0.717, 1.165) is 44.0 Å². The summed E-state index contributed by atoms with van der Waals surface area (Å²) in [4.78, 5) is 2.54. The van der Waals surface area contributed by atoms with E-state index in [1.165, 1.54) is 23.1 Å². The second kappa shape index (κ2) is 7.51. The van der Waals surface area contributed by atoms with Crippen molar-refractivity contribution in [1.82, 2.24) is 4.90 Å². The quantitative estimate of drug-likeness (QED) is 0.812. The third-order valence-electron chi connectivity index (χ3n) is 4.58. The Morgan fingerprint density at radius 1 is 0.957 bits per heavy atom. The number of ether oxygens (including phenoxy) is 2. The Morgan fingerprint density at radius 2 is 1.65 bits per heavy atom. The fourth-order valence-electron chi connectivity index (χ4n) is 3.28. The molecular weight excluding hydrogens is 286 g/mol. The van der Waals surface area contributed by atoms with Crippen molar-refractivity contribution in [2.75, 3.05) is 27.3 Å². The summed E-state index contributed by atoms with van der Waals surface area (Å²) < 4.78 is 10.8. The van der Waals surface area contributed by atoms with Crippen LogP contribution in [0.2, 0.25) is 0 Å². The van der Waals surface area contributed by atoms with Crippen molar-refractivity contribution < 1.29 is 9.47 Å². The highest BCUT2D eigenvalue weighted by molar-refractivity contribution is 5.48. The van der Waals surface area contributed by atoms with Crippen LogP contribution in [-0.4, -0.2) is 32.2 Å². The van der Waals surface area contributed by atoms with E-state index in [1.807, 2.05) is 0 Å². The van der Waals surface area contributed by atoms with E-state index >= 15 is 0 Å². The van der Waals surface area contributed by atoms with Gasteiger partial charge in [-0.1, -0.05) is 30.3 Å². The highest BCUT2D eigenvalue weighted by atomic mass is 16.5. The Labute approximate surface area is 138 Å². The summed E-state index contributed by atoms with van der Waals surface area (Å²) in [5, 5.41) is 0. The lowest BCUT2D eigenvalue weighted by Crippen LogP contribution is -2.31. The fourth-order valence-corrected chi connectivity index (χ4v) is 3.28. The summed E-state index contributed by atoms with van der Waals surface area (Å²) >= 11 is 0. The molecule has 0 fully saturated rings. The summed E-state index contributed by atoms with van der Waals surface area (Å²) in [5.74, 6) is 1.67. The number of methoxy groups -OCH3 is 2. The molecule has 1 heterocycles. The average molecular weight is 311 g/mol. The van der Waals surface area contributed by atoms with Gasteiger partial charge in [0.2, 0.25) is 0 Å². The number of benzene rings is 2. The first kappa shape index (κ1) is 15.9. The Hall–Kier alpha value is -2.00. The molecule has 23 heavy (non-hydrogen) atoms. The van der Waals surface area contributed by atoms with Gasteiger partial charge in [0.1, 0.15) is 0 Å². The van der Waals surface area contributed by atoms with Gasteiger partial charge in [0.25, 0.3) is 0 Å². The van der Waals surface area contributed by atoms with Crippen LogP contribution in [0.5, 0.6) is 11.5 Å². The van der Waals surface area contributed by atoms with Crippen molar-refractivity contribution in [3.63, 3.8) is 0 Å². The topological polar surface area (TPSA) is 21.7 Å². The van der Waals surface area contributed by atoms with Crippen LogP contribution < -0.4 is 9.47 Å². The maximum Gasteiger partial charge on any atom is 0.161 e. The fraction of sp³-hybridized carbons (Fsp3) is 0.400. The molecule has 0 spiro atoms. The van der Waals surface area contributed by atoms with E-state index < -0.39 is 0 Å². The Bertz CT molecular complexity index is 640. The molecule has 1 aliphatic rings. The predicted molar refractivity (Wildman–Crippen MR) is 93.3 cm³/mol. The van der Waals surface area contributed by atoms with Gasteiger partial charge < -0.3 is 9.47 Å². The number of aryl methyl sites for hydroxylation is 1. The first-order valence-corrected chi connectivity index (χ1v) is 8.30. The standard InChI is InChI=1S/C20H25NO2/c1-22-19-13-17-10-12-21(15-18(17)14-20(19)23-2)11-6-9-16-7-4-3-5-8-16/h3-5,7-8,13-14H,6,9-12,15H2,1-2H3. The van der Waals surface area contributed by atoms with Crippen molar-refractivity contribution in [1.29, 1.82) is 0 Å². The summed E-state index contributed by atoms with van der Waals surface area (Å²) in [6.07, 6.45) is 3.43. The van der Waals surface area contributed by atoms with Gasteiger partial charge in [-0.15, -0.1) is 0 Å². The highest BCUT2D eigenvalue weighted by Gasteiger charge is 2.19. The molecule has 0 aromatic heterocycles. The van der Waals surface area contributed by atoms with Gasteiger partial charge in [-0.3, -0.25) is 4.90 Å². The maximum absolute atomic E-state index is 5.43. The molecule has 2 aromatic rings. The maximum atomic E-state index is 5.43. The third kappa shape index (κ3) is 3.85. The second-order valence-electron chi connectivity index (χ2n) is 6.09. The molecule has 0 unspecified atom stereocenters. The van der Waals surface area contributed by atoms with Crippen molar-refractivity contribution in [3.8, 4) is 11.5 Å². The van der Waals surface area contributed by atoms with E-state index in [0.29, 0.717) is 0 Å². The van der Waals surface area contributed by atoms with Crippen molar-refractivity contribution >= 4 is 0 Å². The lowest BCUT2D eigenvalue weighted by molar-refractivity contribution is 0.249. The van der Waals surface area contributed by atoms with Crippen LogP contribution in [0.1, 0.15) is 23.1 Å². The first-order valence-electron chi connectivity index (χ1n) is 8.30. The van der Waals surface area contributed by atoms with E-state index in [-0.39, 0.29) is 0 Å². The lowest BCUT2D eigenvalue weighted by Gasteiger charge is -2.29. The Balaban J connectivity index is 1.59. The predicted octanol–water partition coefficient (Wildman–Crippen LogP) is 3.69. The SMILES string of the molecule is COc1cc2c(cc1OC)CN(CCCc1ccccc1)CC2. The number of nitrogens with zero attached hydrogens (tertiary/aromatic N) is 1. The molecule has 0 atom stereocenters. The van der Waals surface area contributed by atoms with E-state index in [9.17, 15) is 0 Å². The molecule has 2 aromatic carbocycles. The molecule has 3 nitrogen and oxygen atoms in total. The van der Waals surface area contributed by atoms with Crippen LogP contribution in [-0.2, 0) is 19.4 Å². The first-order chi connectivity index (χ1) is 11.3. The zero-order valence-electron chi connectivity index (χ0n) is 14.0. The van der Waals surface area contributed by atoms with E-state index in [4.69, 9.17) is 9.47 Å². The summed E-state index contributed by atoms with van der Waals surface area (Å²) in [7, 11) is 3.40. The molecule has 0 saturated heterocycles. The van der Waals surface area contributed by atoms with Gasteiger partial charge >= 0.3 is 0 Å². The zero-order chi connectivity index (χ0) is 16.1. The van der Waals surface area contributed by atoms with Gasteiger partial charge in [0.05, 0.1) is 14.2 Å². The average Bonchev–Trinajstić information content (AvgIpc) is 2.61. The van der Waals surface area contributed by atoms with Gasteiger partial charge in [0, 0.05) is 13.1 Å². The number of hydrogen-bond acceptors (Lipinski definition) is 3. The van der Waals surface area contributed by atoms with Crippen LogP contribution in [0.3, 0.4) is 0 Å². The van der Waals surface area contributed by atoms with E-state index in [1.54, 1.807) is 14.2 Å². The molecule has 0 radical (unpaired) electrons. The Morgan fingerprint density at radius 3 is 2.35 bits per heavy atom. The normalized spacial score (nSPS) is 14.3. The second-order valence-corrected chi connectivity index (χ2v) is 6.09. The summed E-state index contributed by atoms with van der Waals surface area (Å²) in [6, 6.07) is 15.0. The van der Waals surface area contributed by atoms with Crippen molar-refractivity contribution in [2.24, 2.45) is 0 Å². The van der Waals surface area contributed by atoms with Crippen LogP contribution >= 0.6 is 0 Å². The van der Waals surface area contributed by atoms with Gasteiger partial charge in [-0.25, -0.2) is 0 Å². The number of rotatable bonds is 6. The van der Waals surface area contributed by atoms with Gasteiger partial charge in [-0.05, 0) is 54.6 Å². The smallest absolute Gasteiger partial charge is 0.161 e. The minimum atomic E-state index is 0.831. The molecule has 0 bridgehead atoms. The largest absolute Gasteiger partial charge is 0.493 e. The molecule has 1 aliphatic heterocycles. The van der Waals surface area contributed by atoms with E-state index in [2.05, 4.69) is 47.4 Å². The monoisotopic (exact) mass is 311 g/mol. The third-order valence-corrected chi connectivity index (χ3v) is 4.58. The number of hydrogen-bond donors (Lipinski definition) is 0. The summed E-state index contributed by atoms with van der Waals surface area (Å²) in [6.45, 7) is 3.27. The van der Waals surface area contributed by atoms with Gasteiger partial charge in [-0.2, -0.15) is 0 Å². The zero-order valence-corrected chi connectivity index (χ0v) is 14.0. The number of fused-ring (bicyclic) bond motifs is 1. The van der Waals surface area contributed by atoms with Gasteiger partial charge in [0.15, 0.2) is 11.5 Å². The molecule has 0 saturated carbocycles. The van der Waals surface area contributed by atoms with Crippen molar-refractivity contribution in [3.05, 3.63) is 59.2 Å². The van der Waals surface area contributed by atoms with Crippen LogP contribution in [0.15, 0.2) is 42.5 Å². The molecular formula is C20H25NO2. The molecule has 3 heteroatoms. The van der Waals surface area contributed by atoms with Crippen LogP contribution in [0, 0.1) is 0 Å². The van der Waals surface area contributed by atoms with Crippen LogP contribution in [0.4, 0.5) is 0 Å². The minimum absolute atomic E-state index is 0.831. The Kier molecular flexibility index (Phi) is 5.19. The molecule has 122 valence electrons. The van der Waals surface area contributed by atoms with Crippen molar-refractivity contribution in [2.45, 2.75) is 25.8 Å².